The molecule has 0 bridgehead atoms. The zero-order chi connectivity index (χ0) is 14.1. The summed E-state index contributed by atoms with van der Waals surface area (Å²) in [5.74, 6) is 1.30. The summed E-state index contributed by atoms with van der Waals surface area (Å²) in [6.07, 6.45) is 3.91. The van der Waals surface area contributed by atoms with Crippen LogP contribution >= 0.6 is 23.5 Å². The van der Waals surface area contributed by atoms with Crippen LogP contribution in [0, 0.1) is 0 Å². The molecule has 2 heterocycles. The Bertz CT molecular complexity index is 636. The van der Waals surface area contributed by atoms with Crippen LogP contribution in [-0.2, 0) is 11.8 Å². The number of anilines is 1. The molecule has 0 spiro atoms. The normalized spacial score (nSPS) is 18.3. The minimum absolute atomic E-state index is 0.0306. The van der Waals surface area contributed by atoms with Crippen LogP contribution in [0.5, 0.6) is 0 Å². The van der Waals surface area contributed by atoms with Crippen LogP contribution in [0.3, 0.4) is 0 Å². The van der Waals surface area contributed by atoms with Gasteiger partial charge in [0.05, 0.1) is 17.2 Å². The van der Waals surface area contributed by atoms with Crippen molar-refractivity contribution in [1.29, 1.82) is 0 Å². The summed E-state index contributed by atoms with van der Waals surface area (Å²) < 4.78 is 1.72. The van der Waals surface area contributed by atoms with Crippen molar-refractivity contribution in [3.05, 3.63) is 41.6 Å². The summed E-state index contributed by atoms with van der Waals surface area (Å²) in [6, 6.07) is 8.51. The first kappa shape index (κ1) is 13.6. The average Bonchev–Trinajstić information content (AvgIpc) is 2.72. The fourth-order valence-electron chi connectivity index (χ4n) is 2.27. The van der Waals surface area contributed by atoms with E-state index in [1.807, 2.05) is 13.2 Å². The average molecular weight is 305 g/mol. The van der Waals surface area contributed by atoms with E-state index in [1.165, 1.54) is 10.5 Å². The number of thioether (sulfide) groups is 2. The largest absolute Gasteiger partial charge is 0.310 e. The predicted molar refractivity (Wildman–Crippen MR) is 84.4 cm³/mol. The van der Waals surface area contributed by atoms with Crippen LogP contribution < -0.4 is 5.32 Å². The minimum Gasteiger partial charge on any atom is -0.310 e. The molecular formula is C14H15N3OS2. The number of hydrogen-bond acceptors (Lipinski definition) is 4. The number of nitrogens with one attached hydrogen (secondary N) is 1. The maximum Gasteiger partial charge on any atom is 0.235 e. The summed E-state index contributed by atoms with van der Waals surface area (Å²) in [5.41, 5.74) is 2.28. The Balaban J connectivity index is 2.01. The van der Waals surface area contributed by atoms with Gasteiger partial charge in [-0.25, -0.2) is 0 Å². The quantitative estimate of drug-likeness (QED) is 0.867. The van der Waals surface area contributed by atoms with E-state index in [9.17, 15) is 4.79 Å². The highest BCUT2D eigenvalue weighted by Crippen LogP contribution is 2.41. The standard InChI is InChI=1S/C14H15N3OS2/c1-17-14-11(7-15-17)13(20-8-12(18)16-14)9-3-5-10(19-2)6-4-9/h3-7,13H,8H2,1-2H3,(H,16,18)/t13-/m1/s1. The molecule has 4 nitrogen and oxygen atoms in total. The number of carbonyl (C=O) groups is 1. The van der Waals surface area contributed by atoms with E-state index in [2.05, 4.69) is 40.9 Å². The Kier molecular flexibility index (Phi) is 3.76. The monoisotopic (exact) mass is 305 g/mol. The first-order valence-corrected chi connectivity index (χ1v) is 8.53. The molecule has 104 valence electrons. The van der Waals surface area contributed by atoms with Crippen molar-refractivity contribution < 1.29 is 4.79 Å². The van der Waals surface area contributed by atoms with E-state index in [4.69, 9.17) is 0 Å². The lowest BCUT2D eigenvalue weighted by Crippen LogP contribution is -2.15. The first-order valence-electron chi connectivity index (χ1n) is 6.26. The van der Waals surface area contributed by atoms with Crippen molar-refractivity contribution in [2.75, 3.05) is 17.3 Å². The number of fused-ring (bicyclic) bond motifs is 1. The van der Waals surface area contributed by atoms with Crippen molar-refractivity contribution in [2.24, 2.45) is 7.05 Å². The third-order valence-electron chi connectivity index (χ3n) is 3.31. The fraction of sp³-hybridized carbons (Fsp3) is 0.286. The van der Waals surface area contributed by atoms with Crippen molar-refractivity contribution >= 4 is 35.2 Å². The number of aryl methyl sites for hydroxylation is 1. The summed E-state index contributed by atoms with van der Waals surface area (Å²) in [7, 11) is 1.85. The fourth-order valence-corrected chi connectivity index (χ4v) is 3.77. The zero-order valence-corrected chi connectivity index (χ0v) is 12.9. The summed E-state index contributed by atoms with van der Waals surface area (Å²) >= 11 is 3.37. The van der Waals surface area contributed by atoms with Gasteiger partial charge in [-0.3, -0.25) is 9.48 Å². The number of amides is 1. The van der Waals surface area contributed by atoms with Crippen LogP contribution in [0.2, 0.25) is 0 Å². The van der Waals surface area contributed by atoms with Gasteiger partial charge in [0.25, 0.3) is 0 Å². The van der Waals surface area contributed by atoms with Gasteiger partial charge in [-0.2, -0.15) is 5.10 Å². The number of nitrogens with zero attached hydrogens (tertiary/aromatic N) is 2. The molecule has 1 amide bonds. The van der Waals surface area contributed by atoms with Gasteiger partial charge >= 0.3 is 0 Å². The smallest absolute Gasteiger partial charge is 0.235 e. The summed E-state index contributed by atoms with van der Waals surface area (Å²) in [5, 5.41) is 7.34. The maximum absolute atomic E-state index is 11.8. The molecular weight excluding hydrogens is 290 g/mol. The molecule has 0 radical (unpaired) electrons. The molecule has 0 saturated heterocycles. The molecule has 1 N–H and O–H groups in total. The van der Waals surface area contributed by atoms with E-state index < -0.39 is 0 Å². The third kappa shape index (κ3) is 2.45. The van der Waals surface area contributed by atoms with Gasteiger partial charge in [0.1, 0.15) is 5.82 Å². The van der Waals surface area contributed by atoms with Gasteiger partial charge in [0.15, 0.2) is 0 Å². The molecule has 0 fully saturated rings. The van der Waals surface area contributed by atoms with Crippen LogP contribution in [0.1, 0.15) is 16.4 Å². The minimum atomic E-state index is 0.0306. The highest BCUT2D eigenvalue weighted by atomic mass is 32.2. The van der Waals surface area contributed by atoms with E-state index in [0.717, 1.165) is 11.4 Å². The molecule has 3 rings (SSSR count). The van der Waals surface area contributed by atoms with E-state index in [1.54, 1.807) is 28.2 Å². The number of rotatable bonds is 2. The van der Waals surface area contributed by atoms with Crippen molar-refractivity contribution in [3.8, 4) is 0 Å². The second-order valence-electron chi connectivity index (χ2n) is 4.58. The lowest BCUT2D eigenvalue weighted by atomic mass is 10.1. The second-order valence-corrected chi connectivity index (χ2v) is 6.56. The Morgan fingerprint density at radius 2 is 2.15 bits per heavy atom. The van der Waals surface area contributed by atoms with E-state index in [0.29, 0.717) is 5.75 Å². The van der Waals surface area contributed by atoms with Gasteiger partial charge in [0.2, 0.25) is 5.91 Å². The summed E-state index contributed by atoms with van der Waals surface area (Å²) in [4.78, 5) is 13.0. The Labute approximate surface area is 126 Å². The Morgan fingerprint density at radius 1 is 1.40 bits per heavy atom. The summed E-state index contributed by atoms with van der Waals surface area (Å²) in [6.45, 7) is 0. The molecule has 1 aromatic carbocycles. The molecule has 1 aliphatic rings. The maximum atomic E-state index is 11.8. The van der Waals surface area contributed by atoms with Gasteiger partial charge in [-0.1, -0.05) is 12.1 Å². The van der Waals surface area contributed by atoms with Gasteiger partial charge in [-0.05, 0) is 24.0 Å². The Morgan fingerprint density at radius 3 is 2.85 bits per heavy atom. The Hall–Kier alpha value is -1.40. The zero-order valence-electron chi connectivity index (χ0n) is 11.3. The molecule has 0 saturated carbocycles. The third-order valence-corrected chi connectivity index (χ3v) is 5.34. The van der Waals surface area contributed by atoms with Crippen LogP contribution in [0.25, 0.3) is 0 Å². The van der Waals surface area contributed by atoms with Gasteiger partial charge < -0.3 is 5.32 Å². The number of aromatic nitrogens is 2. The predicted octanol–water partition coefficient (Wildman–Crippen LogP) is 2.92. The van der Waals surface area contributed by atoms with Gasteiger partial charge in [-0.15, -0.1) is 23.5 Å². The number of hydrogen-bond donors (Lipinski definition) is 1. The molecule has 0 aliphatic carbocycles. The van der Waals surface area contributed by atoms with Crippen LogP contribution in [0.4, 0.5) is 5.82 Å². The molecule has 0 unspecified atom stereocenters. The van der Waals surface area contributed by atoms with Crippen molar-refractivity contribution in [2.45, 2.75) is 10.1 Å². The van der Waals surface area contributed by atoms with Gasteiger partial charge in [0, 0.05) is 17.5 Å². The van der Waals surface area contributed by atoms with Crippen LogP contribution in [0.15, 0.2) is 35.4 Å². The first-order chi connectivity index (χ1) is 9.69. The number of carbonyl (C=O) groups excluding carboxylic acids is 1. The second kappa shape index (κ2) is 5.54. The molecule has 6 heteroatoms. The molecule has 1 aromatic heterocycles. The lowest BCUT2D eigenvalue weighted by molar-refractivity contribution is -0.113. The molecule has 1 atom stereocenters. The van der Waals surface area contributed by atoms with E-state index >= 15 is 0 Å². The van der Waals surface area contributed by atoms with Crippen molar-refractivity contribution in [3.63, 3.8) is 0 Å². The SMILES string of the molecule is CSc1ccc([C@H]2SCC(=O)Nc3c2cnn3C)cc1. The molecule has 20 heavy (non-hydrogen) atoms. The van der Waals surface area contributed by atoms with Crippen molar-refractivity contribution in [1.82, 2.24) is 9.78 Å². The topological polar surface area (TPSA) is 46.9 Å². The molecule has 1 aliphatic heterocycles. The van der Waals surface area contributed by atoms with E-state index in [-0.39, 0.29) is 11.2 Å². The highest BCUT2D eigenvalue weighted by molar-refractivity contribution is 8.00. The lowest BCUT2D eigenvalue weighted by Gasteiger charge is -2.14. The van der Waals surface area contributed by atoms with Crippen LogP contribution in [-0.4, -0.2) is 27.7 Å². The highest BCUT2D eigenvalue weighted by Gasteiger charge is 2.26. The number of benzene rings is 1. The molecule has 2 aromatic rings.